The van der Waals surface area contributed by atoms with Crippen LogP contribution in [-0.4, -0.2) is 6.54 Å². The first-order valence-corrected chi connectivity index (χ1v) is 6.08. The fourth-order valence-corrected chi connectivity index (χ4v) is 2.98. The third-order valence-electron chi connectivity index (χ3n) is 3.82. The van der Waals surface area contributed by atoms with Gasteiger partial charge in [0.15, 0.2) is 0 Å². The van der Waals surface area contributed by atoms with E-state index in [9.17, 15) is 0 Å². The minimum absolute atomic E-state index is 0. The van der Waals surface area contributed by atoms with E-state index in [4.69, 9.17) is 0 Å². The molecule has 1 spiro atoms. The van der Waals surface area contributed by atoms with Crippen LogP contribution in [-0.2, 0) is 0 Å². The van der Waals surface area contributed by atoms with Gasteiger partial charge in [-0.15, -0.1) is 12.4 Å². The van der Waals surface area contributed by atoms with Crippen LogP contribution in [0.4, 0.5) is 0 Å². The zero-order valence-corrected chi connectivity index (χ0v) is 10.9. The van der Waals surface area contributed by atoms with Crippen molar-refractivity contribution in [2.24, 2.45) is 5.41 Å². The average molecular weight is 289 g/mol. The molecule has 0 radical (unpaired) electrons. The molecule has 1 unspecified atom stereocenters. The van der Waals surface area contributed by atoms with Crippen LogP contribution >= 0.6 is 28.3 Å². The molecule has 1 aliphatic carbocycles. The lowest BCUT2D eigenvalue weighted by Crippen LogP contribution is -2.59. The number of hydrogen-bond donors (Lipinski definition) is 1. The van der Waals surface area contributed by atoms with Gasteiger partial charge in [0.2, 0.25) is 0 Å². The second-order valence-corrected chi connectivity index (χ2v) is 5.50. The first kappa shape index (κ1) is 11.4. The summed E-state index contributed by atoms with van der Waals surface area (Å²) in [5.74, 6) is 0. The summed E-state index contributed by atoms with van der Waals surface area (Å²) in [5, 5.41) is 3.56. The van der Waals surface area contributed by atoms with Gasteiger partial charge < -0.3 is 5.32 Å². The molecule has 1 N–H and O–H groups in total. The predicted octanol–water partition coefficient (Wildman–Crippen LogP) is 3.69. The second kappa shape index (κ2) is 4.08. The Kier molecular flexibility index (Phi) is 3.11. The van der Waals surface area contributed by atoms with E-state index in [-0.39, 0.29) is 12.4 Å². The lowest BCUT2D eigenvalue weighted by Gasteiger charge is -2.57. The summed E-state index contributed by atoms with van der Waals surface area (Å²) in [7, 11) is 0. The molecule has 3 heteroatoms. The molecule has 0 amide bonds. The molecule has 1 aromatic carbocycles. The van der Waals surface area contributed by atoms with Gasteiger partial charge in [0.1, 0.15) is 0 Å². The van der Waals surface area contributed by atoms with E-state index in [1.165, 1.54) is 35.8 Å². The molecule has 3 rings (SSSR count). The third kappa shape index (κ3) is 1.73. The molecule has 2 fully saturated rings. The summed E-state index contributed by atoms with van der Waals surface area (Å²) < 4.78 is 1.17. The van der Waals surface area contributed by atoms with Crippen LogP contribution in [0.5, 0.6) is 0 Å². The quantitative estimate of drug-likeness (QED) is 0.831. The Morgan fingerprint density at radius 2 is 1.87 bits per heavy atom. The Morgan fingerprint density at radius 3 is 2.27 bits per heavy atom. The van der Waals surface area contributed by atoms with E-state index in [0.717, 1.165) is 0 Å². The molecular formula is C12H15BrClN. The first-order valence-electron chi connectivity index (χ1n) is 5.29. The maximum Gasteiger partial charge on any atom is 0.0389 e. The Balaban J connectivity index is 0.000000853. The van der Waals surface area contributed by atoms with Crippen molar-refractivity contribution in [2.45, 2.75) is 25.3 Å². The van der Waals surface area contributed by atoms with Gasteiger partial charge in [-0.3, -0.25) is 0 Å². The lowest BCUT2D eigenvalue weighted by molar-refractivity contribution is -0.00565. The first-order chi connectivity index (χ1) is 6.80. The lowest BCUT2D eigenvalue weighted by atomic mass is 9.58. The summed E-state index contributed by atoms with van der Waals surface area (Å²) in [5.41, 5.74) is 2.09. The van der Waals surface area contributed by atoms with Gasteiger partial charge in [-0.05, 0) is 30.5 Å². The molecule has 15 heavy (non-hydrogen) atoms. The molecule has 1 aliphatic heterocycles. The summed E-state index contributed by atoms with van der Waals surface area (Å²) in [6, 6.07) is 9.38. The van der Waals surface area contributed by atoms with Crippen molar-refractivity contribution in [1.82, 2.24) is 5.32 Å². The fraction of sp³-hybridized carbons (Fsp3) is 0.500. The molecule has 0 aromatic heterocycles. The van der Waals surface area contributed by atoms with Gasteiger partial charge in [0.25, 0.3) is 0 Å². The number of nitrogens with one attached hydrogen (secondary N) is 1. The van der Waals surface area contributed by atoms with E-state index in [0.29, 0.717) is 11.5 Å². The largest absolute Gasteiger partial charge is 0.309 e. The molecule has 0 bridgehead atoms. The normalized spacial score (nSPS) is 26.3. The Bertz CT molecular complexity index is 340. The molecule has 1 aromatic rings. The van der Waals surface area contributed by atoms with E-state index in [1.54, 1.807) is 0 Å². The maximum absolute atomic E-state index is 3.56. The highest BCUT2D eigenvalue weighted by Crippen LogP contribution is 2.55. The smallest absolute Gasteiger partial charge is 0.0389 e. The third-order valence-corrected chi connectivity index (χ3v) is 4.35. The second-order valence-electron chi connectivity index (χ2n) is 4.58. The van der Waals surface area contributed by atoms with E-state index < -0.39 is 0 Å². The number of rotatable bonds is 1. The predicted molar refractivity (Wildman–Crippen MR) is 68.4 cm³/mol. The molecule has 1 nitrogen and oxygen atoms in total. The van der Waals surface area contributed by atoms with Crippen molar-refractivity contribution in [3.63, 3.8) is 0 Å². The molecule has 1 atom stereocenters. The van der Waals surface area contributed by atoms with Crippen LogP contribution in [0.25, 0.3) is 0 Å². The Hall–Kier alpha value is -0.0500. The molecule has 1 saturated heterocycles. The van der Waals surface area contributed by atoms with E-state index >= 15 is 0 Å². The van der Waals surface area contributed by atoms with Gasteiger partial charge in [0.05, 0.1) is 0 Å². The van der Waals surface area contributed by atoms with Crippen LogP contribution < -0.4 is 5.32 Å². The zero-order chi connectivity index (χ0) is 9.60. The van der Waals surface area contributed by atoms with Crippen molar-refractivity contribution < 1.29 is 0 Å². The molecule has 1 heterocycles. The highest BCUT2D eigenvalue weighted by molar-refractivity contribution is 9.10. The number of hydrogen-bond acceptors (Lipinski definition) is 1. The minimum Gasteiger partial charge on any atom is -0.309 e. The van der Waals surface area contributed by atoms with Crippen LogP contribution in [0.3, 0.4) is 0 Å². The summed E-state index contributed by atoms with van der Waals surface area (Å²) in [4.78, 5) is 0. The van der Waals surface area contributed by atoms with Crippen LogP contribution in [0.2, 0.25) is 0 Å². The van der Waals surface area contributed by atoms with Gasteiger partial charge in [-0.2, -0.15) is 0 Å². The van der Waals surface area contributed by atoms with Crippen LogP contribution in [0.1, 0.15) is 30.9 Å². The number of benzene rings is 1. The SMILES string of the molecule is Brc1ccc(C2NCC23CCC3)cc1.Cl. The van der Waals surface area contributed by atoms with Crippen LogP contribution in [0, 0.1) is 5.41 Å². The van der Waals surface area contributed by atoms with Crippen molar-refractivity contribution in [3.05, 3.63) is 34.3 Å². The number of halogens is 2. The Morgan fingerprint density at radius 1 is 1.20 bits per heavy atom. The standard InChI is InChI=1S/C12H14BrN.ClH/c13-10-4-2-9(3-5-10)11-12(8-14-11)6-1-7-12;/h2-5,11,14H,1,6-8H2;1H. The van der Waals surface area contributed by atoms with Crippen LogP contribution in [0.15, 0.2) is 28.7 Å². The average Bonchev–Trinajstić information content (AvgIpc) is 2.04. The zero-order valence-electron chi connectivity index (χ0n) is 8.50. The fourth-order valence-electron chi connectivity index (χ4n) is 2.72. The van der Waals surface area contributed by atoms with Gasteiger partial charge in [-0.25, -0.2) is 0 Å². The molecule has 2 aliphatic rings. The molecular weight excluding hydrogens is 273 g/mol. The molecule has 82 valence electrons. The molecule has 1 saturated carbocycles. The summed E-state index contributed by atoms with van der Waals surface area (Å²) in [6.45, 7) is 1.23. The highest BCUT2D eigenvalue weighted by atomic mass is 79.9. The van der Waals surface area contributed by atoms with E-state index in [1.807, 2.05) is 0 Å². The Labute approximate surface area is 105 Å². The van der Waals surface area contributed by atoms with Crippen molar-refractivity contribution in [1.29, 1.82) is 0 Å². The van der Waals surface area contributed by atoms with Gasteiger partial charge in [0, 0.05) is 22.5 Å². The van der Waals surface area contributed by atoms with Gasteiger partial charge >= 0.3 is 0 Å². The summed E-state index contributed by atoms with van der Waals surface area (Å²) >= 11 is 3.47. The van der Waals surface area contributed by atoms with E-state index in [2.05, 4.69) is 45.5 Å². The van der Waals surface area contributed by atoms with Crippen molar-refractivity contribution in [3.8, 4) is 0 Å². The van der Waals surface area contributed by atoms with Crippen molar-refractivity contribution >= 4 is 28.3 Å². The van der Waals surface area contributed by atoms with Gasteiger partial charge in [-0.1, -0.05) is 34.5 Å². The topological polar surface area (TPSA) is 12.0 Å². The van der Waals surface area contributed by atoms with Crippen molar-refractivity contribution in [2.75, 3.05) is 6.54 Å². The monoisotopic (exact) mass is 287 g/mol. The summed E-state index contributed by atoms with van der Waals surface area (Å²) in [6.07, 6.45) is 4.26. The highest BCUT2D eigenvalue weighted by Gasteiger charge is 2.50. The maximum atomic E-state index is 3.56. The minimum atomic E-state index is 0.